The Morgan fingerprint density at radius 1 is 1.30 bits per heavy atom. The van der Waals surface area contributed by atoms with Crippen molar-refractivity contribution in [1.82, 2.24) is 9.88 Å². The largest absolute Gasteiger partial charge is 0.376 e. The Labute approximate surface area is 121 Å². The third kappa shape index (κ3) is 4.76. The number of ether oxygens (including phenoxy) is 1. The minimum Gasteiger partial charge on any atom is -0.376 e. The molecule has 2 rings (SSSR count). The summed E-state index contributed by atoms with van der Waals surface area (Å²) in [4.78, 5) is 11.5. The Morgan fingerprint density at radius 3 is 2.80 bits per heavy atom. The van der Waals surface area contributed by atoms with E-state index in [1.807, 2.05) is 12.3 Å². The van der Waals surface area contributed by atoms with Gasteiger partial charge in [0.05, 0.1) is 12.7 Å². The number of rotatable bonds is 7. The van der Waals surface area contributed by atoms with Crippen LogP contribution in [0.1, 0.15) is 39.0 Å². The van der Waals surface area contributed by atoms with Gasteiger partial charge >= 0.3 is 0 Å². The van der Waals surface area contributed by atoms with Crippen LogP contribution in [0.5, 0.6) is 0 Å². The Kier molecular flexibility index (Phi) is 6.27. The van der Waals surface area contributed by atoms with Gasteiger partial charge in [-0.05, 0) is 44.7 Å². The van der Waals surface area contributed by atoms with Crippen LogP contribution >= 0.6 is 0 Å². The highest BCUT2D eigenvalue weighted by Crippen LogP contribution is 2.21. The number of hydrogen-bond acceptors (Lipinski definition) is 3. The monoisotopic (exact) mass is 278 g/mol. The number of hydrogen-bond donors (Lipinski definition) is 1. The molecule has 1 aromatic heterocycles. The van der Waals surface area contributed by atoms with E-state index in [1.165, 1.54) is 19.3 Å². The molecule has 1 aliphatic carbocycles. The Hall–Kier alpha value is -1.13. The third-order valence-electron chi connectivity index (χ3n) is 3.94. The highest BCUT2D eigenvalue weighted by atomic mass is 16.5. The second kappa shape index (κ2) is 8.22. The van der Waals surface area contributed by atoms with Gasteiger partial charge in [0, 0.05) is 24.8 Å². The van der Waals surface area contributed by atoms with E-state index >= 15 is 0 Å². The van der Waals surface area contributed by atoms with E-state index in [1.54, 1.807) is 16.7 Å². The van der Waals surface area contributed by atoms with E-state index in [2.05, 4.69) is 12.2 Å². The van der Waals surface area contributed by atoms with E-state index in [0.717, 1.165) is 19.4 Å². The zero-order valence-electron chi connectivity index (χ0n) is 12.4. The predicted octanol–water partition coefficient (Wildman–Crippen LogP) is 2.18. The summed E-state index contributed by atoms with van der Waals surface area (Å²) in [7, 11) is 0. The minimum atomic E-state index is 0.0450. The molecule has 1 aromatic rings. The van der Waals surface area contributed by atoms with Crippen LogP contribution in [0.15, 0.2) is 29.2 Å². The molecule has 1 saturated carbocycles. The van der Waals surface area contributed by atoms with Crippen LogP contribution in [-0.4, -0.2) is 29.9 Å². The van der Waals surface area contributed by atoms with Gasteiger partial charge in [-0.1, -0.05) is 13.0 Å². The normalized spacial score (nSPS) is 22.9. The summed E-state index contributed by atoms with van der Waals surface area (Å²) in [5, 5.41) is 3.58. The lowest BCUT2D eigenvalue weighted by atomic mass is 9.93. The summed E-state index contributed by atoms with van der Waals surface area (Å²) < 4.78 is 7.61. The van der Waals surface area contributed by atoms with Gasteiger partial charge in [0.15, 0.2) is 0 Å². The van der Waals surface area contributed by atoms with Gasteiger partial charge in [0.1, 0.15) is 0 Å². The molecule has 0 aromatic carbocycles. The van der Waals surface area contributed by atoms with E-state index < -0.39 is 0 Å². The van der Waals surface area contributed by atoms with Crippen molar-refractivity contribution in [1.29, 1.82) is 0 Å². The quantitative estimate of drug-likeness (QED) is 0.831. The zero-order chi connectivity index (χ0) is 14.2. The molecule has 0 spiro atoms. The second-order valence-corrected chi connectivity index (χ2v) is 5.53. The van der Waals surface area contributed by atoms with Crippen LogP contribution in [0.2, 0.25) is 0 Å². The van der Waals surface area contributed by atoms with Crippen molar-refractivity contribution in [3.05, 3.63) is 34.7 Å². The first-order valence-electron chi connectivity index (χ1n) is 7.80. The molecule has 0 radical (unpaired) electrons. The summed E-state index contributed by atoms with van der Waals surface area (Å²) in [6, 6.07) is 5.91. The van der Waals surface area contributed by atoms with E-state index in [4.69, 9.17) is 4.74 Å². The first-order chi connectivity index (χ1) is 9.79. The molecule has 0 unspecified atom stereocenters. The molecule has 4 nitrogen and oxygen atoms in total. The van der Waals surface area contributed by atoms with Crippen molar-refractivity contribution in [3.63, 3.8) is 0 Å². The predicted molar refractivity (Wildman–Crippen MR) is 81.0 cm³/mol. The molecular weight excluding hydrogens is 252 g/mol. The van der Waals surface area contributed by atoms with Gasteiger partial charge in [-0.3, -0.25) is 4.79 Å². The van der Waals surface area contributed by atoms with Gasteiger partial charge in [0.25, 0.3) is 5.56 Å². The number of pyridine rings is 1. The van der Waals surface area contributed by atoms with Crippen LogP contribution in [0.3, 0.4) is 0 Å². The van der Waals surface area contributed by atoms with Crippen molar-refractivity contribution in [3.8, 4) is 0 Å². The number of aromatic nitrogens is 1. The van der Waals surface area contributed by atoms with Gasteiger partial charge in [0.2, 0.25) is 0 Å². The summed E-state index contributed by atoms with van der Waals surface area (Å²) in [5.74, 6) is 0. The summed E-state index contributed by atoms with van der Waals surface area (Å²) in [5.41, 5.74) is 0.0450. The minimum absolute atomic E-state index is 0.0450. The molecule has 0 bridgehead atoms. The van der Waals surface area contributed by atoms with Gasteiger partial charge in [-0.2, -0.15) is 0 Å². The molecular formula is C16H26N2O2. The van der Waals surface area contributed by atoms with Gasteiger partial charge in [-0.15, -0.1) is 0 Å². The molecule has 4 heteroatoms. The molecule has 0 saturated heterocycles. The fourth-order valence-corrected chi connectivity index (χ4v) is 2.75. The van der Waals surface area contributed by atoms with Crippen LogP contribution in [0.4, 0.5) is 0 Å². The van der Waals surface area contributed by atoms with E-state index in [0.29, 0.717) is 25.3 Å². The van der Waals surface area contributed by atoms with E-state index in [-0.39, 0.29) is 5.56 Å². The maximum absolute atomic E-state index is 11.5. The molecule has 1 aliphatic rings. The van der Waals surface area contributed by atoms with Crippen molar-refractivity contribution < 1.29 is 4.74 Å². The standard InChI is InChI=1S/C16H26N2O2/c1-2-10-17-14-6-8-15(9-7-14)20-13-12-18-11-4-3-5-16(18)19/h3-5,11,14-15,17H,2,6-10,12-13H2,1H3. The number of nitrogens with zero attached hydrogens (tertiary/aromatic N) is 1. The first kappa shape index (κ1) is 15.3. The molecule has 0 aliphatic heterocycles. The Balaban J connectivity index is 1.64. The maximum atomic E-state index is 11.5. The Morgan fingerprint density at radius 2 is 2.10 bits per heavy atom. The van der Waals surface area contributed by atoms with Gasteiger partial charge < -0.3 is 14.6 Å². The highest BCUT2D eigenvalue weighted by Gasteiger charge is 2.20. The molecule has 1 N–H and O–H groups in total. The maximum Gasteiger partial charge on any atom is 0.250 e. The zero-order valence-corrected chi connectivity index (χ0v) is 12.4. The smallest absolute Gasteiger partial charge is 0.250 e. The van der Waals surface area contributed by atoms with Crippen LogP contribution in [0.25, 0.3) is 0 Å². The lowest BCUT2D eigenvalue weighted by Gasteiger charge is -2.29. The average molecular weight is 278 g/mol. The molecule has 1 heterocycles. The first-order valence-corrected chi connectivity index (χ1v) is 7.80. The Bertz CT molecular complexity index is 436. The SMILES string of the molecule is CCCNC1CCC(OCCn2ccccc2=O)CC1. The summed E-state index contributed by atoms with van der Waals surface area (Å²) >= 11 is 0. The fraction of sp³-hybridized carbons (Fsp3) is 0.688. The fourth-order valence-electron chi connectivity index (χ4n) is 2.75. The van der Waals surface area contributed by atoms with Crippen molar-refractivity contribution in [2.45, 2.75) is 57.7 Å². The molecule has 20 heavy (non-hydrogen) atoms. The molecule has 0 atom stereocenters. The van der Waals surface area contributed by atoms with Gasteiger partial charge in [-0.25, -0.2) is 0 Å². The summed E-state index contributed by atoms with van der Waals surface area (Å²) in [6.45, 7) is 4.59. The average Bonchev–Trinajstić information content (AvgIpc) is 2.48. The topological polar surface area (TPSA) is 43.3 Å². The van der Waals surface area contributed by atoms with Crippen LogP contribution < -0.4 is 10.9 Å². The lowest BCUT2D eigenvalue weighted by molar-refractivity contribution is 0.0181. The highest BCUT2D eigenvalue weighted by molar-refractivity contribution is 4.93. The lowest BCUT2D eigenvalue weighted by Crippen LogP contribution is -2.36. The van der Waals surface area contributed by atoms with Crippen molar-refractivity contribution >= 4 is 0 Å². The van der Waals surface area contributed by atoms with Crippen molar-refractivity contribution in [2.75, 3.05) is 13.2 Å². The molecule has 112 valence electrons. The van der Waals surface area contributed by atoms with Crippen molar-refractivity contribution in [2.24, 2.45) is 0 Å². The van der Waals surface area contributed by atoms with E-state index in [9.17, 15) is 4.79 Å². The van der Waals surface area contributed by atoms with Crippen LogP contribution in [0, 0.1) is 0 Å². The second-order valence-electron chi connectivity index (χ2n) is 5.53. The number of nitrogens with one attached hydrogen (secondary N) is 1. The summed E-state index contributed by atoms with van der Waals surface area (Å²) in [6.07, 6.45) is 8.05. The van der Waals surface area contributed by atoms with Crippen LogP contribution in [-0.2, 0) is 11.3 Å². The molecule has 1 fully saturated rings. The molecule has 0 amide bonds. The third-order valence-corrected chi connectivity index (χ3v) is 3.94.